The van der Waals surface area contributed by atoms with Crippen LogP contribution in [-0.2, 0) is 11.3 Å². The van der Waals surface area contributed by atoms with Gasteiger partial charge in [-0.05, 0) is 38.0 Å². The van der Waals surface area contributed by atoms with Crippen molar-refractivity contribution in [2.75, 3.05) is 20.3 Å². The van der Waals surface area contributed by atoms with Crippen molar-refractivity contribution in [2.45, 2.75) is 46.2 Å². The number of hydrogen-bond acceptors (Lipinski definition) is 4. The molecule has 0 radical (unpaired) electrons. The molecule has 0 saturated heterocycles. The van der Waals surface area contributed by atoms with Gasteiger partial charge in [0, 0.05) is 31.8 Å². The molecule has 0 bridgehead atoms. The number of nitrogens with one attached hydrogen (secondary N) is 1. The molecule has 0 unspecified atom stereocenters. The fraction of sp³-hybridized carbons (Fsp3) is 0.526. The summed E-state index contributed by atoms with van der Waals surface area (Å²) >= 11 is 0. The van der Waals surface area contributed by atoms with Crippen molar-refractivity contribution in [3.63, 3.8) is 0 Å². The average Bonchev–Trinajstić information content (AvgIpc) is 2.64. The Morgan fingerprint density at radius 2 is 1.92 bits per heavy atom. The van der Waals surface area contributed by atoms with Gasteiger partial charge in [0.15, 0.2) is 0 Å². The van der Waals surface area contributed by atoms with Crippen LogP contribution in [0.4, 0.5) is 0 Å². The molecule has 26 heavy (non-hydrogen) atoms. The molecule has 2 rings (SSSR count). The molecule has 7 nitrogen and oxygen atoms in total. The molecule has 0 fully saturated rings. The van der Waals surface area contributed by atoms with E-state index in [1.807, 2.05) is 13.8 Å². The Morgan fingerprint density at radius 3 is 2.50 bits per heavy atom. The third-order valence-electron chi connectivity index (χ3n) is 4.73. The number of carbonyl (C=O) groups excluding carboxylic acids is 1. The Kier molecular flexibility index (Phi) is 6.74. The van der Waals surface area contributed by atoms with Crippen molar-refractivity contribution in [2.24, 2.45) is 0 Å². The maximum absolute atomic E-state index is 13.0. The summed E-state index contributed by atoms with van der Waals surface area (Å²) in [5.74, 6) is -0.127. The fourth-order valence-corrected chi connectivity index (χ4v) is 3.21. The molecular weight excluding hydrogens is 334 g/mol. The van der Waals surface area contributed by atoms with Crippen LogP contribution in [0.25, 0.3) is 10.9 Å². The minimum atomic E-state index is -0.467. The summed E-state index contributed by atoms with van der Waals surface area (Å²) in [5, 5.41) is 0.397. The second-order valence-electron chi connectivity index (χ2n) is 6.20. The number of aromatic amines is 1. The topological polar surface area (TPSA) is 84.4 Å². The summed E-state index contributed by atoms with van der Waals surface area (Å²) in [6.07, 6.45) is 1.69. The van der Waals surface area contributed by atoms with Crippen LogP contribution < -0.4 is 11.2 Å². The maximum Gasteiger partial charge on any atom is 0.328 e. The lowest BCUT2D eigenvalue weighted by atomic mass is 10.1. The van der Waals surface area contributed by atoms with Crippen molar-refractivity contribution in [1.82, 2.24) is 14.5 Å². The summed E-state index contributed by atoms with van der Waals surface area (Å²) in [5.41, 5.74) is 0.0175. The number of hydrogen-bond donors (Lipinski definition) is 1. The van der Waals surface area contributed by atoms with E-state index in [1.54, 1.807) is 37.1 Å². The largest absolute Gasteiger partial charge is 0.383 e. The van der Waals surface area contributed by atoms with Crippen LogP contribution in [0.15, 0.2) is 27.8 Å². The van der Waals surface area contributed by atoms with Crippen molar-refractivity contribution >= 4 is 16.8 Å². The number of rotatable bonds is 8. The number of methoxy groups -OCH3 is 1. The molecular formula is C19H27N3O4. The van der Waals surface area contributed by atoms with Crippen molar-refractivity contribution in [3.05, 3.63) is 44.6 Å². The minimum absolute atomic E-state index is 0.112. The van der Waals surface area contributed by atoms with Gasteiger partial charge in [0.25, 0.3) is 11.5 Å². The van der Waals surface area contributed by atoms with E-state index in [4.69, 9.17) is 4.74 Å². The molecule has 2 aromatic rings. The zero-order valence-electron chi connectivity index (χ0n) is 15.9. The Morgan fingerprint density at radius 1 is 1.23 bits per heavy atom. The van der Waals surface area contributed by atoms with Gasteiger partial charge < -0.3 is 14.6 Å². The molecule has 1 heterocycles. The average molecular weight is 361 g/mol. The van der Waals surface area contributed by atoms with E-state index >= 15 is 0 Å². The third-order valence-corrected chi connectivity index (χ3v) is 4.73. The zero-order chi connectivity index (χ0) is 19.3. The Bertz CT molecular complexity index is 880. The number of ether oxygens (including phenoxy) is 1. The highest BCUT2D eigenvalue weighted by Gasteiger charge is 2.22. The van der Waals surface area contributed by atoms with Gasteiger partial charge >= 0.3 is 5.69 Å². The lowest BCUT2D eigenvalue weighted by Crippen LogP contribution is -2.42. The molecule has 1 aromatic carbocycles. The predicted octanol–water partition coefficient (Wildman–Crippen LogP) is 1.99. The van der Waals surface area contributed by atoms with Gasteiger partial charge in [-0.15, -0.1) is 0 Å². The van der Waals surface area contributed by atoms with E-state index in [2.05, 4.69) is 4.98 Å². The molecule has 1 N–H and O–H groups in total. The predicted molar refractivity (Wildman–Crippen MR) is 102 cm³/mol. The van der Waals surface area contributed by atoms with Gasteiger partial charge in [-0.1, -0.05) is 13.8 Å². The molecule has 0 atom stereocenters. The van der Waals surface area contributed by atoms with E-state index in [9.17, 15) is 14.4 Å². The monoisotopic (exact) mass is 361 g/mol. The van der Waals surface area contributed by atoms with Gasteiger partial charge in [-0.25, -0.2) is 4.79 Å². The number of amides is 1. The number of carbonyl (C=O) groups is 1. The number of benzene rings is 1. The fourth-order valence-electron chi connectivity index (χ4n) is 3.21. The number of aromatic nitrogens is 2. The zero-order valence-corrected chi connectivity index (χ0v) is 15.9. The van der Waals surface area contributed by atoms with Crippen LogP contribution >= 0.6 is 0 Å². The highest BCUT2D eigenvalue weighted by atomic mass is 16.5. The lowest BCUT2D eigenvalue weighted by Gasteiger charge is -2.30. The Hall–Kier alpha value is -2.41. The van der Waals surface area contributed by atoms with E-state index in [0.29, 0.717) is 36.2 Å². The smallest absolute Gasteiger partial charge is 0.328 e. The standard InChI is InChI=1S/C19H27N3O4/c1-5-14(6-2)22(10-11-26-4)17(23)13-8-9-15-16(12-13)20-19(25)21(7-3)18(15)24/h8-9,12,14H,5-7,10-11H2,1-4H3,(H,20,25). The SMILES string of the molecule is CCC(CC)N(CCOC)C(=O)c1ccc2c(=O)n(CC)c(=O)[nH]c2c1. The first kappa shape index (κ1) is 19.9. The van der Waals surface area contributed by atoms with Gasteiger partial charge in [0.1, 0.15) is 0 Å². The molecule has 1 amide bonds. The van der Waals surface area contributed by atoms with Crippen LogP contribution in [0.1, 0.15) is 44.0 Å². The summed E-state index contributed by atoms with van der Waals surface area (Å²) < 4.78 is 6.28. The molecule has 0 saturated carbocycles. The van der Waals surface area contributed by atoms with Crippen LogP contribution in [0.5, 0.6) is 0 Å². The molecule has 142 valence electrons. The molecule has 0 aliphatic heterocycles. The summed E-state index contributed by atoms with van der Waals surface area (Å²) in [7, 11) is 1.61. The van der Waals surface area contributed by atoms with Crippen LogP contribution in [0.2, 0.25) is 0 Å². The molecule has 7 heteroatoms. The highest BCUT2D eigenvalue weighted by molar-refractivity contribution is 5.97. The summed E-state index contributed by atoms with van der Waals surface area (Å²) in [4.78, 5) is 41.9. The summed E-state index contributed by atoms with van der Waals surface area (Å²) in [6.45, 7) is 7.08. The number of nitrogens with zero attached hydrogens (tertiary/aromatic N) is 2. The first-order valence-electron chi connectivity index (χ1n) is 9.05. The van der Waals surface area contributed by atoms with Gasteiger partial charge in [0.05, 0.1) is 17.5 Å². The molecule has 0 aliphatic rings. The first-order valence-corrected chi connectivity index (χ1v) is 9.05. The Labute approximate surface area is 152 Å². The second kappa shape index (κ2) is 8.80. The van der Waals surface area contributed by atoms with Crippen molar-refractivity contribution in [3.8, 4) is 0 Å². The number of H-pyrrole nitrogens is 1. The van der Waals surface area contributed by atoms with Crippen molar-refractivity contribution < 1.29 is 9.53 Å². The normalized spacial score (nSPS) is 11.3. The van der Waals surface area contributed by atoms with Gasteiger partial charge in [-0.2, -0.15) is 0 Å². The van der Waals surface area contributed by atoms with E-state index in [-0.39, 0.29) is 17.5 Å². The van der Waals surface area contributed by atoms with Crippen molar-refractivity contribution in [1.29, 1.82) is 0 Å². The van der Waals surface area contributed by atoms with Gasteiger partial charge in [-0.3, -0.25) is 14.2 Å². The highest BCUT2D eigenvalue weighted by Crippen LogP contribution is 2.16. The maximum atomic E-state index is 13.0. The third kappa shape index (κ3) is 3.88. The first-order chi connectivity index (χ1) is 12.5. The molecule has 1 aromatic heterocycles. The Balaban J connectivity index is 2.48. The van der Waals surface area contributed by atoms with Crippen LogP contribution in [-0.4, -0.2) is 46.7 Å². The van der Waals surface area contributed by atoms with Crippen LogP contribution in [0, 0.1) is 0 Å². The van der Waals surface area contributed by atoms with E-state index in [1.165, 1.54) is 0 Å². The lowest BCUT2D eigenvalue weighted by molar-refractivity contribution is 0.0589. The van der Waals surface area contributed by atoms with E-state index < -0.39 is 5.69 Å². The molecule has 0 aliphatic carbocycles. The summed E-state index contributed by atoms with van der Waals surface area (Å²) in [6, 6.07) is 4.95. The van der Waals surface area contributed by atoms with Crippen LogP contribution in [0.3, 0.4) is 0 Å². The van der Waals surface area contributed by atoms with E-state index in [0.717, 1.165) is 17.4 Å². The second-order valence-corrected chi connectivity index (χ2v) is 6.20. The quantitative estimate of drug-likeness (QED) is 0.779. The minimum Gasteiger partial charge on any atom is -0.383 e. The van der Waals surface area contributed by atoms with Gasteiger partial charge in [0.2, 0.25) is 0 Å². The molecule has 0 spiro atoms. The number of fused-ring (bicyclic) bond motifs is 1.